The Hall–Kier alpha value is -2.35. The fourth-order valence-corrected chi connectivity index (χ4v) is 6.05. The van der Waals surface area contributed by atoms with E-state index in [1.807, 2.05) is 20.8 Å². The van der Waals surface area contributed by atoms with Crippen LogP contribution in [0.1, 0.15) is 70.7 Å². The summed E-state index contributed by atoms with van der Waals surface area (Å²) in [4.78, 5) is 28.0. The Labute approximate surface area is 236 Å². The molecule has 7 nitrogen and oxygen atoms in total. The van der Waals surface area contributed by atoms with Gasteiger partial charge < -0.3 is 0 Å². The zero-order valence-electron chi connectivity index (χ0n) is 22.1. The fourth-order valence-electron chi connectivity index (χ4n) is 4.49. The number of halogens is 1. The van der Waals surface area contributed by atoms with E-state index in [4.69, 9.17) is 9.72 Å². The molecule has 2 aliphatic rings. The summed E-state index contributed by atoms with van der Waals surface area (Å²) in [6.07, 6.45) is 9.34. The molecule has 5 rings (SSSR count). The number of rotatable bonds is 3. The van der Waals surface area contributed by atoms with Crippen LogP contribution in [0.15, 0.2) is 36.5 Å². The van der Waals surface area contributed by atoms with Gasteiger partial charge in [0.1, 0.15) is 5.60 Å². The topological polar surface area (TPSA) is 88.4 Å². The predicted octanol–water partition coefficient (Wildman–Crippen LogP) is 5.37. The number of benzene rings is 1. The maximum atomic E-state index is 14.7. The van der Waals surface area contributed by atoms with Gasteiger partial charge in [-0.1, -0.05) is 32.1 Å². The second-order valence-electron chi connectivity index (χ2n) is 10.7. The second-order valence-corrected chi connectivity index (χ2v) is 12.5. The van der Waals surface area contributed by atoms with Crippen molar-refractivity contribution in [3.8, 4) is 21.8 Å². The van der Waals surface area contributed by atoms with Gasteiger partial charge in [-0.15, -0.1) is 0 Å². The molecule has 1 aliphatic heterocycles. The van der Waals surface area contributed by atoms with Gasteiger partial charge in [-0.05, 0) is 20.8 Å². The van der Waals surface area contributed by atoms with Crippen LogP contribution in [-0.4, -0.2) is 66.6 Å². The monoisotopic (exact) mass is 600 g/mol. The van der Waals surface area contributed by atoms with Crippen molar-refractivity contribution in [3.05, 3.63) is 47.4 Å². The molecule has 0 bridgehead atoms. The summed E-state index contributed by atoms with van der Waals surface area (Å²) >= 11 is 3.57. The summed E-state index contributed by atoms with van der Waals surface area (Å²) in [6, 6.07) is 8.16. The number of ether oxygens (including phenoxy) is 1. The molecule has 10 heteroatoms. The van der Waals surface area contributed by atoms with E-state index in [9.17, 15) is 14.3 Å². The van der Waals surface area contributed by atoms with Crippen molar-refractivity contribution in [2.75, 3.05) is 13.1 Å². The first kappa shape index (κ1) is 28.7. The molecule has 38 heavy (non-hydrogen) atoms. The average molecular weight is 601 g/mol. The van der Waals surface area contributed by atoms with Crippen LogP contribution in [0.4, 0.5) is 9.18 Å². The van der Waals surface area contributed by atoms with Gasteiger partial charge in [-0.2, -0.15) is 0 Å². The van der Waals surface area contributed by atoms with Gasteiger partial charge in [0, 0.05) is 0 Å². The molecule has 1 aromatic carbocycles. The molecule has 2 fully saturated rings. The van der Waals surface area contributed by atoms with Gasteiger partial charge in [0.05, 0.1) is 0 Å². The first-order valence-corrected chi connectivity index (χ1v) is 14.8. The summed E-state index contributed by atoms with van der Waals surface area (Å²) in [7, 11) is 0. The molecule has 2 aromatic heterocycles. The number of aromatic nitrogens is 3. The summed E-state index contributed by atoms with van der Waals surface area (Å²) < 4.78 is 20.7. The van der Waals surface area contributed by atoms with Crippen LogP contribution in [0.5, 0.6) is 0 Å². The minimum absolute atomic E-state index is 0.301. The Morgan fingerprint density at radius 3 is 2.29 bits per heavy atom. The third kappa shape index (κ3) is 7.19. The van der Waals surface area contributed by atoms with Gasteiger partial charge in [0.25, 0.3) is 0 Å². The fraction of sp³-hybridized carbons (Fsp3) is 0.500. The summed E-state index contributed by atoms with van der Waals surface area (Å²) in [6.45, 7) is 6.12. The van der Waals surface area contributed by atoms with E-state index in [2.05, 4.69) is 26.8 Å². The van der Waals surface area contributed by atoms with Crippen molar-refractivity contribution in [1.29, 1.82) is 0 Å². The Kier molecular flexibility index (Phi) is 9.22. The average Bonchev–Trinajstić information content (AvgIpc) is 3.58. The van der Waals surface area contributed by atoms with E-state index in [0.717, 1.165) is 0 Å². The van der Waals surface area contributed by atoms with Crippen LogP contribution in [-0.2, 0) is 10.3 Å². The second kappa shape index (κ2) is 12.2. The van der Waals surface area contributed by atoms with E-state index >= 15 is 0 Å². The van der Waals surface area contributed by atoms with Crippen LogP contribution in [0.2, 0.25) is 0 Å². The standard InChI is InChI=1S/C23H24AsFN4O3S.C5H10/c1-22(2,3)32-21(30)29-12-9-23(31,10-13-29)19-28-17(14-6-4-5-7-15(14)25)18(33-19)16-8-11-26-20(24)27-16;1-2-4-5-3-1/h4-8,11,31H,9-10,12-13H2,1-3H3;1-5H2. The zero-order valence-corrected chi connectivity index (χ0v) is 24.8. The third-order valence-electron chi connectivity index (χ3n) is 6.52. The summed E-state index contributed by atoms with van der Waals surface area (Å²) in [5.74, 6) is -0.399. The van der Waals surface area contributed by atoms with Crippen LogP contribution in [0, 0.1) is 5.82 Å². The molecule has 1 saturated heterocycles. The molecule has 3 aromatic rings. The van der Waals surface area contributed by atoms with Crippen LogP contribution >= 0.6 is 11.3 Å². The SMILES string of the molecule is C1CCCC1.CC(C)(C)OC(=O)N1CCC(O)(c2nc(-c3ccccc3F)c(-c3ccnc([As])n3)s2)CC1. The number of likely N-dealkylation sites (tertiary alicyclic amines) is 1. The van der Waals surface area contributed by atoms with Gasteiger partial charge in [-0.3, -0.25) is 0 Å². The molecular formula is C28H34AsFN4O3S. The number of aliphatic hydroxyl groups is 1. The van der Waals surface area contributed by atoms with Crippen LogP contribution in [0.3, 0.4) is 0 Å². The number of piperidine rings is 1. The van der Waals surface area contributed by atoms with E-state index in [1.54, 1.807) is 35.4 Å². The molecule has 1 aliphatic carbocycles. The summed E-state index contributed by atoms with van der Waals surface area (Å²) in [5, 5.41) is 11.9. The van der Waals surface area contributed by atoms with Crippen molar-refractivity contribution >= 4 is 38.9 Å². The Balaban J connectivity index is 0.000000603. The van der Waals surface area contributed by atoms with E-state index < -0.39 is 23.1 Å². The molecule has 1 amide bonds. The molecule has 2 radical (unpaired) electrons. The number of thiazole rings is 1. The van der Waals surface area contributed by atoms with Crippen molar-refractivity contribution < 1.29 is 19.0 Å². The molecule has 0 unspecified atom stereocenters. The molecule has 0 spiro atoms. The summed E-state index contributed by atoms with van der Waals surface area (Å²) in [5.41, 5.74) is -0.438. The van der Waals surface area contributed by atoms with E-state index in [0.29, 0.717) is 57.4 Å². The normalized spacial score (nSPS) is 17.1. The zero-order chi connectivity index (χ0) is 27.3. The number of amides is 1. The molecule has 1 N–H and O–H groups in total. The molecule has 3 heterocycles. The van der Waals surface area contributed by atoms with Crippen molar-refractivity contribution in [1.82, 2.24) is 19.9 Å². The Morgan fingerprint density at radius 1 is 1.08 bits per heavy atom. The quantitative estimate of drug-likeness (QED) is 0.407. The van der Waals surface area contributed by atoms with Gasteiger partial charge >= 0.3 is 178 Å². The predicted molar refractivity (Wildman–Crippen MR) is 148 cm³/mol. The van der Waals surface area contributed by atoms with E-state index in [1.165, 1.54) is 49.5 Å². The number of nitrogens with zero attached hydrogens (tertiary/aromatic N) is 4. The van der Waals surface area contributed by atoms with Crippen LogP contribution in [0.25, 0.3) is 21.8 Å². The Morgan fingerprint density at radius 2 is 1.71 bits per heavy atom. The molecule has 0 atom stereocenters. The van der Waals surface area contributed by atoms with E-state index in [-0.39, 0.29) is 0 Å². The van der Waals surface area contributed by atoms with Crippen molar-refractivity contribution in [3.63, 3.8) is 0 Å². The first-order chi connectivity index (χ1) is 18.1. The number of carbonyl (C=O) groups is 1. The van der Waals surface area contributed by atoms with Gasteiger partial charge in [-0.25, -0.2) is 0 Å². The van der Waals surface area contributed by atoms with Gasteiger partial charge in [0.15, 0.2) is 0 Å². The molecule has 202 valence electrons. The van der Waals surface area contributed by atoms with Crippen LogP contribution < -0.4 is 4.61 Å². The van der Waals surface area contributed by atoms with Gasteiger partial charge in [0.2, 0.25) is 0 Å². The first-order valence-electron chi connectivity index (χ1n) is 13.0. The molecule has 1 saturated carbocycles. The number of hydrogen-bond donors (Lipinski definition) is 1. The third-order valence-corrected chi connectivity index (χ3v) is 8.25. The number of hydrogen-bond acceptors (Lipinski definition) is 7. The van der Waals surface area contributed by atoms with Crippen molar-refractivity contribution in [2.45, 2.75) is 76.9 Å². The molecular weight excluding hydrogens is 566 g/mol. The van der Waals surface area contributed by atoms with Crippen molar-refractivity contribution in [2.24, 2.45) is 0 Å². The number of carbonyl (C=O) groups excluding carboxylic acids is 1. The maximum absolute atomic E-state index is 14.7. The minimum atomic E-state index is -1.24. The Bertz CT molecular complexity index is 1240.